The van der Waals surface area contributed by atoms with Crippen LogP contribution in [0.1, 0.15) is 18.5 Å². The van der Waals surface area contributed by atoms with Crippen LogP contribution in [-0.4, -0.2) is 30.4 Å². The Morgan fingerprint density at radius 2 is 1.84 bits per heavy atom. The van der Waals surface area contributed by atoms with Crippen molar-refractivity contribution in [2.75, 3.05) is 18.9 Å². The Labute approximate surface area is 203 Å². The third-order valence-corrected chi connectivity index (χ3v) is 4.49. The Morgan fingerprint density at radius 1 is 1.10 bits per heavy atom. The maximum absolute atomic E-state index is 12.0. The molecule has 0 spiro atoms. The molecule has 9 heteroatoms. The molecule has 164 valence electrons. The van der Waals surface area contributed by atoms with E-state index in [1.165, 1.54) is 0 Å². The smallest absolute Gasteiger partial charge is 0.226 e. The second-order valence-electron chi connectivity index (χ2n) is 6.52. The van der Waals surface area contributed by atoms with Crippen molar-refractivity contribution in [2.24, 2.45) is 4.99 Å². The second-order valence-corrected chi connectivity index (χ2v) is 6.96. The third kappa shape index (κ3) is 8.22. The lowest BCUT2D eigenvalue weighted by Crippen LogP contribution is -2.37. The van der Waals surface area contributed by atoms with Gasteiger partial charge in [0.1, 0.15) is 6.26 Å². The number of hydrogen-bond donors (Lipinski definition) is 3. The minimum absolute atomic E-state index is 0. The van der Waals surface area contributed by atoms with Crippen molar-refractivity contribution in [3.8, 4) is 11.5 Å². The van der Waals surface area contributed by atoms with Crippen LogP contribution >= 0.6 is 35.6 Å². The summed E-state index contributed by atoms with van der Waals surface area (Å²) in [5.41, 5.74) is 2.44. The molecule has 0 radical (unpaired) electrons. The number of oxazole rings is 1. The van der Waals surface area contributed by atoms with Gasteiger partial charge in [0.15, 0.2) is 5.96 Å². The van der Waals surface area contributed by atoms with Crippen LogP contribution in [0.2, 0.25) is 5.02 Å². The topological polar surface area (TPSA) is 91.5 Å². The van der Waals surface area contributed by atoms with Crippen molar-refractivity contribution in [3.63, 3.8) is 0 Å². The van der Waals surface area contributed by atoms with Crippen LogP contribution in [0.3, 0.4) is 0 Å². The molecule has 0 unspecified atom stereocenters. The fraction of sp³-hybridized carbons (Fsp3) is 0.227. The number of hydrogen-bond acceptors (Lipinski definition) is 4. The van der Waals surface area contributed by atoms with Gasteiger partial charge in [-0.25, -0.2) is 4.98 Å². The van der Waals surface area contributed by atoms with Gasteiger partial charge in [0.2, 0.25) is 11.8 Å². The SMILES string of the molecule is CN=C(NCCCC(=O)Nc1ccc(Cl)cc1)NCc1coc(-c2ccccc2)n1.I. The first kappa shape index (κ1) is 24.7. The van der Waals surface area contributed by atoms with Crippen LogP contribution in [0.25, 0.3) is 11.5 Å². The predicted molar refractivity (Wildman–Crippen MR) is 135 cm³/mol. The van der Waals surface area contributed by atoms with E-state index in [0.717, 1.165) is 16.9 Å². The van der Waals surface area contributed by atoms with Gasteiger partial charge in [-0.1, -0.05) is 29.8 Å². The van der Waals surface area contributed by atoms with Gasteiger partial charge in [-0.05, 0) is 42.8 Å². The number of aromatic nitrogens is 1. The van der Waals surface area contributed by atoms with Crippen molar-refractivity contribution in [3.05, 3.63) is 71.6 Å². The molecule has 3 N–H and O–H groups in total. The van der Waals surface area contributed by atoms with E-state index in [0.29, 0.717) is 42.8 Å². The Kier molecular flexibility index (Phi) is 10.3. The van der Waals surface area contributed by atoms with E-state index in [1.54, 1.807) is 37.6 Å². The first-order valence-electron chi connectivity index (χ1n) is 9.64. The molecule has 0 aliphatic rings. The molecule has 1 aromatic heterocycles. The van der Waals surface area contributed by atoms with Crippen LogP contribution in [-0.2, 0) is 11.3 Å². The Hall–Kier alpha value is -2.59. The molecule has 0 saturated carbocycles. The van der Waals surface area contributed by atoms with Gasteiger partial charge in [-0.15, -0.1) is 24.0 Å². The van der Waals surface area contributed by atoms with Crippen molar-refractivity contribution in [1.29, 1.82) is 0 Å². The summed E-state index contributed by atoms with van der Waals surface area (Å²) < 4.78 is 5.53. The maximum Gasteiger partial charge on any atom is 0.226 e. The summed E-state index contributed by atoms with van der Waals surface area (Å²) in [6.45, 7) is 1.09. The highest BCUT2D eigenvalue weighted by molar-refractivity contribution is 14.0. The number of aliphatic imine (C=N–C) groups is 1. The summed E-state index contributed by atoms with van der Waals surface area (Å²) >= 11 is 5.84. The summed E-state index contributed by atoms with van der Waals surface area (Å²) in [5.74, 6) is 1.18. The van der Waals surface area contributed by atoms with Crippen LogP contribution in [0.4, 0.5) is 5.69 Å². The number of rotatable bonds is 8. The van der Waals surface area contributed by atoms with E-state index >= 15 is 0 Å². The minimum atomic E-state index is -0.0434. The maximum atomic E-state index is 12.0. The van der Waals surface area contributed by atoms with Crippen molar-refractivity contribution in [1.82, 2.24) is 15.6 Å². The second kappa shape index (κ2) is 13.0. The summed E-state index contributed by atoms with van der Waals surface area (Å²) in [7, 11) is 1.70. The van der Waals surface area contributed by atoms with E-state index in [9.17, 15) is 4.79 Å². The molecule has 0 atom stereocenters. The summed E-state index contributed by atoms with van der Waals surface area (Å²) in [6, 6.07) is 16.8. The van der Waals surface area contributed by atoms with Gasteiger partial charge in [0, 0.05) is 36.3 Å². The first-order chi connectivity index (χ1) is 14.6. The average Bonchev–Trinajstić information content (AvgIpc) is 3.24. The van der Waals surface area contributed by atoms with E-state index in [1.807, 2.05) is 30.3 Å². The lowest BCUT2D eigenvalue weighted by Gasteiger charge is -2.11. The molecule has 0 fully saturated rings. The normalized spacial score (nSPS) is 10.8. The lowest BCUT2D eigenvalue weighted by atomic mass is 10.2. The van der Waals surface area contributed by atoms with Gasteiger partial charge in [0.25, 0.3) is 0 Å². The highest BCUT2D eigenvalue weighted by Gasteiger charge is 2.07. The molecule has 0 aliphatic carbocycles. The molecule has 0 bridgehead atoms. The number of amides is 1. The highest BCUT2D eigenvalue weighted by Crippen LogP contribution is 2.17. The zero-order valence-corrected chi connectivity index (χ0v) is 20.2. The van der Waals surface area contributed by atoms with Crippen LogP contribution in [0, 0.1) is 0 Å². The fourth-order valence-electron chi connectivity index (χ4n) is 2.71. The standard InChI is InChI=1S/C22H24ClN5O2.HI/c1-24-22(25-13-5-8-20(29)27-18-11-9-17(23)10-12-18)26-14-19-15-30-21(28-19)16-6-3-2-4-7-16;/h2-4,6-7,9-12,15H,5,8,13-14H2,1H3,(H,27,29)(H2,24,25,26);1H. The number of carbonyl (C=O) groups is 1. The van der Waals surface area contributed by atoms with Gasteiger partial charge >= 0.3 is 0 Å². The molecular formula is C22H25ClIN5O2. The van der Waals surface area contributed by atoms with E-state index in [-0.39, 0.29) is 29.9 Å². The van der Waals surface area contributed by atoms with Crippen LogP contribution in [0.15, 0.2) is 70.3 Å². The minimum Gasteiger partial charge on any atom is -0.444 e. The average molecular weight is 554 g/mol. The monoisotopic (exact) mass is 553 g/mol. The van der Waals surface area contributed by atoms with Crippen molar-refractivity contribution >= 4 is 53.1 Å². The van der Waals surface area contributed by atoms with Crippen molar-refractivity contribution in [2.45, 2.75) is 19.4 Å². The largest absolute Gasteiger partial charge is 0.444 e. The zero-order valence-electron chi connectivity index (χ0n) is 17.1. The van der Waals surface area contributed by atoms with Gasteiger partial charge < -0.3 is 20.4 Å². The molecule has 3 rings (SSSR count). The first-order valence-corrected chi connectivity index (χ1v) is 10.0. The summed E-state index contributed by atoms with van der Waals surface area (Å²) in [6.07, 6.45) is 2.70. The molecule has 2 aromatic carbocycles. The highest BCUT2D eigenvalue weighted by atomic mass is 127. The molecule has 1 heterocycles. The number of anilines is 1. The molecule has 1 amide bonds. The lowest BCUT2D eigenvalue weighted by molar-refractivity contribution is -0.116. The Bertz CT molecular complexity index is 977. The van der Waals surface area contributed by atoms with E-state index < -0.39 is 0 Å². The number of nitrogens with one attached hydrogen (secondary N) is 3. The zero-order chi connectivity index (χ0) is 21.2. The fourth-order valence-corrected chi connectivity index (χ4v) is 2.83. The molecular weight excluding hydrogens is 529 g/mol. The van der Waals surface area contributed by atoms with Crippen LogP contribution in [0.5, 0.6) is 0 Å². The molecule has 3 aromatic rings. The summed E-state index contributed by atoms with van der Waals surface area (Å²) in [4.78, 5) is 20.7. The number of benzene rings is 2. The van der Waals surface area contributed by atoms with E-state index in [4.69, 9.17) is 16.0 Å². The van der Waals surface area contributed by atoms with E-state index in [2.05, 4.69) is 25.9 Å². The molecule has 31 heavy (non-hydrogen) atoms. The Morgan fingerprint density at radius 3 is 2.55 bits per heavy atom. The van der Waals surface area contributed by atoms with Gasteiger partial charge in [0.05, 0.1) is 12.2 Å². The Balaban J connectivity index is 0.00000341. The number of carbonyl (C=O) groups excluding carboxylic acids is 1. The number of nitrogens with zero attached hydrogens (tertiary/aromatic N) is 2. The number of guanidine groups is 1. The molecule has 7 nitrogen and oxygen atoms in total. The molecule has 0 aliphatic heterocycles. The van der Waals surface area contributed by atoms with Gasteiger partial charge in [-0.3, -0.25) is 9.79 Å². The third-order valence-electron chi connectivity index (χ3n) is 4.23. The predicted octanol–water partition coefficient (Wildman–Crippen LogP) is 4.70. The molecule has 0 saturated heterocycles. The quantitative estimate of drug-likeness (QED) is 0.163. The van der Waals surface area contributed by atoms with Crippen molar-refractivity contribution < 1.29 is 9.21 Å². The van der Waals surface area contributed by atoms with Gasteiger partial charge in [-0.2, -0.15) is 0 Å². The number of halogens is 2. The van der Waals surface area contributed by atoms with Crippen LogP contribution < -0.4 is 16.0 Å². The summed E-state index contributed by atoms with van der Waals surface area (Å²) in [5, 5.41) is 9.86.